The van der Waals surface area contributed by atoms with E-state index in [0.29, 0.717) is 0 Å². The highest BCUT2D eigenvalue weighted by Crippen LogP contribution is 2.49. The van der Waals surface area contributed by atoms with Gasteiger partial charge in [0.15, 0.2) is 0 Å². The fourth-order valence-corrected chi connectivity index (χ4v) is 2.42. The first-order valence-electron chi connectivity index (χ1n) is 4.38. The van der Waals surface area contributed by atoms with Crippen molar-refractivity contribution in [3.8, 4) is 0 Å². The van der Waals surface area contributed by atoms with E-state index in [-0.39, 0.29) is 11.4 Å². The van der Waals surface area contributed by atoms with Crippen LogP contribution in [0.4, 0.5) is 0 Å². The molecular formula is C10H12O2S. The van der Waals surface area contributed by atoms with Crippen LogP contribution in [0.15, 0.2) is 17.5 Å². The summed E-state index contributed by atoms with van der Waals surface area (Å²) in [5.74, 6) is -0.0408. The summed E-state index contributed by atoms with van der Waals surface area (Å²) < 4.78 is 4.79. The monoisotopic (exact) mass is 196 g/mol. The molecule has 0 unspecified atom stereocenters. The molecule has 70 valence electrons. The summed E-state index contributed by atoms with van der Waals surface area (Å²) in [6.07, 6.45) is 2.83. The molecule has 0 saturated heterocycles. The Morgan fingerprint density at radius 3 is 2.92 bits per heavy atom. The fourth-order valence-electron chi connectivity index (χ4n) is 1.57. The molecule has 0 aliphatic heterocycles. The maximum Gasteiger partial charge on any atom is 0.312 e. The topological polar surface area (TPSA) is 26.3 Å². The lowest BCUT2D eigenvalue weighted by atomic mass is 10.0. The summed E-state index contributed by atoms with van der Waals surface area (Å²) in [6, 6.07) is 4.10. The lowest BCUT2D eigenvalue weighted by Crippen LogP contribution is -2.19. The van der Waals surface area contributed by atoms with Crippen LogP contribution in [-0.4, -0.2) is 13.1 Å². The summed E-state index contributed by atoms with van der Waals surface area (Å²) in [5, 5.41) is 2.04. The van der Waals surface area contributed by atoms with E-state index >= 15 is 0 Å². The zero-order valence-electron chi connectivity index (χ0n) is 7.58. The predicted molar refractivity (Wildman–Crippen MR) is 51.7 cm³/mol. The summed E-state index contributed by atoms with van der Waals surface area (Å²) in [4.78, 5) is 12.7. The summed E-state index contributed by atoms with van der Waals surface area (Å²) >= 11 is 1.71. The van der Waals surface area contributed by atoms with E-state index in [4.69, 9.17) is 4.74 Å². The molecule has 2 nitrogen and oxygen atoms in total. The third-order valence-electron chi connectivity index (χ3n) is 2.56. The van der Waals surface area contributed by atoms with E-state index in [2.05, 4.69) is 6.07 Å². The quantitative estimate of drug-likeness (QED) is 0.693. The van der Waals surface area contributed by atoms with Gasteiger partial charge in [0.1, 0.15) is 0 Å². The van der Waals surface area contributed by atoms with E-state index in [0.717, 1.165) is 19.3 Å². The van der Waals surface area contributed by atoms with Gasteiger partial charge in [0.05, 0.1) is 12.5 Å². The van der Waals surface area contributed by atoms with Gasteiger partial charge in [-0.25, -0.2) is 0 Å². The van der Waals surface area contributed by atoms with Crippen molar-refractivity contribution in [2.75, 3.05) is 7.11 Å². The molecule has 1 aromatic rings. The molecule has 1 aliphatic carbocycles. The van der Waals surface area contributed by atoms with Crippen LogP contribution in [0.5, 0.6) is 0 Å². The van der Waals surface area contributed by atoms with Crippen molar-refractivity contribution in [2.24, 2.45) is 5.41 Å². The van der Waals surface area contributed by atoms with Gasteiger partial charge in [0.25, 0.3) is 0 Å². The average molecular weight is 196 g/mol. The first-order chi connectivity index (χ1) is 6.27. The zero-order valence-corrected chi connectivity index (χ0v) is 8.39. The van der Waals surface area contributed by atoms with Gasteiger partial charge in [-0.3, -0.25) is 4.79 Å². The Morgan fingerprint density at radius 2 is 2.46 bits per heavy atom. The van der Waals surface area contributed by atoms with Crippen molar-refractivity contribution in [2.45, 2.75) is 19.3 Å². The summed E-state index contributed by atoms with van der Waals surface area (Å²) in [5.41, 5.74) is -0.167. The molecule has 1 aliphatic rings. The van der Waals surface area contributed by atoms with Crippen LogP contribution in [0.3, 0.4) is 0 Å². The van der Waals surface area contributed by atoms with Gasteiger partial charge in [-0.05, 0) is 30.7 Å². The maximum absolute atomic E-state index is 11.4. The number of carbonyl (C=O) groups is 1. The van der Waals surface area contributed by atoms with Crippen LogP contribution < -0.4 is 0 Å². The number of ether oxygens (including phenoxy) is 1. The van der Waals surface area contributed by atoms with E-state index in [1.54, 1.807) is 11.3 Å². The van der Waals surface area contributed by atoms with Gasteiger partial charge in [-0.15, -0.1) is 11.3 Å². The van der Waals surface area contributed by atoms with Crippen molar-refractivity contribution >= 4 is 17.3 Å². The molecule has 1 aromatic heterocycles. The Kier molecular flexibility index (Phi) is 2.12. The first kappa shape index (κ1) is 8.75. The van der Waals surface area contributed by atoms with Crippen molar-refractivity contribution in [1.82, 2.24) is 0 Å². The third-order valence-corrected chi connectivity index (χ3v) is 3.44. The largest absolute Gasteiger partial charge is 0.469 e. The first-order valence-corrected chi connectivity index (χ1v) is 5.26. The van der Waals surface area contributed by atoms with Crippen LogP contribution in [0, 0.1) is 5.41 Å². The van der Waals surface area contributed by atoms with Crippen LogP contribution in [0.25, 0.3) is 0 Å². The number of hydrogen-bond donors (Lipinski definition) is 0. The number of esters is 1. The molecule has 0 aromatic carbocycles. The Labute approximate surface area is 81.5 Å². The molecule has 2 rings (SSSR count). The lowest BCUT2D eigenvalue weighted by molar-refractivity contribution is -0.147. The van der Waals surface area contributed by atoms with Crippen LogP contribution in [0.2, 0.25) is 0 Å². The molecule has 1 heterocycles. The van der Waals surface area contributed by atoms with E-state index in [9.17, 15) is 4.79 Å². The highest BCUT2D eigenvalue weighted by molar-refractivity contribution is 7.09. The standard InChI is InChI=1S/C10H12O2S/c1-12-9(11)10(4-5-10)7-8-3-2-6-13-8/h2-3,6H,4-5,7H2,1H3. The summed E-state index contributed by atoms with van der Waals surface area (Å²) in [6.45, 7) is 0. The lowest BCUT2D eigenvalue weighted by Gasteiger charge is -2.10. The number of hydrogen-bond acceptors (Lipinski definition) is 3. The molecule has 0 amide bonds. The van der Waals surface area contributed by atoms with E-state index in [1.807, 2.05) is 11.4 Å². The number of rotatable bonds is 3. The normalized spacial score (nSPS) is 18.2. The fraction of sp³-hybridized carbons (Fsp3) is 0.500. The van der Waals surface area contributed by atoms with Crippen LogP contribution in [-0.2, 0) is 16.0 Å². The van der Waals surface area contributed by atoms with Gasteiger partial charge >= 0.3 is 5.97 Å². The van der Waals surface area contributed by atoms with Crippen molar-refractivity contribution in [1.29, 1.82) is 0 Å². The molecule has 0 spiro atoms. The smallest absolute Gasteiger partial charge is 0.312 e. The van der Waals surface area contributed by atoms with E-state index < -0.39 is 0 Å². The van der Waals surface area contributed by atoms with Gasteiger partial charge in [0, 0.05) is 4.88 Å². The third kappa shape index (κ3) is 1.61. The van der Waals surface area contributed by atoms with Crippen molar-refractivity contribution < 1.29 is 9.53 Å². The molecule has 0 bridgehead atoms. The Morgan fingerprint density at radius 1 is 1.69 bits per heavy atom. The van der Waals surface area contributed by atoms with Crippen LogP contribution >= 0.6 is 11.3 Å². The molecule has 1 fully saturated rings. The highest BCUT2D eigenvalue weighted by Gasteiger charge is 2.50. The maximum atomic E-state index is 11.4. The Hall–Kier alpha value is -0.830. The number of carbonyl (C=O) groups excluding carboxylic acids is 1. The average Bonchev–Trinajstić information content (AvgIpc) is 2.73. The molecule has 13 heavy (non-hydrogen) atoms. The Bertz CT molecular complexity index is 299. The van der Waals surface area contributed by atoms with Gasteiger partial charge in [0.2, 0.25) is 0 Å². The molecule has 0 N–H and O–H groups in total. The molecule has 0 radical (unpaired) electrons. The number of methoxy groups -OCH3 is 1. The van der Waals surface area contributed by atoms with Gasteiger partial charge in [-0.2, -0.15) is 0 Å². The molecule has 0 atom stereocenters. The van der Waals surface area contributed by atoms with Crippen molar-refractivity contribution in [3.63, 3.8) is 0 Å². The second kappa shape index (κ2) is 3.14. The molecule has 3 heteroatoms. The Balaban J connectivity index is 2.06. The minimum absolute atomic E-state index is 0.0408. The summed E-state index contributed by atoms with van der Waals surface area (Å²) in [7, 11) is 1.47. The SMILES string of the molecule is COC(=O)C1(Cc2cccs2)CC1. The van der Waals surface area contributed by atoms with Gasteiger partial charge in [-0.1, -0.05) is 6.07 Å². The van der Waals surface area contributed by atoms with Gasteiger partial charge < -0.3 is 4.74 Å². The minimum atomic E-state index is -0.167. The van der Waals surface area contributed by atoms with E-state index in [1.165, 1.54) is 12.0 Å². The predicted octanol–water partition coefficient (Wildman–Crippen LogP) is 2.24. The molecular weight excluding hydrogens is 184 g/mol. The highest BCUT2D eigenvalue weighted by atomic mass is 32.1. The zero-order chi connectivity index (χ0) is 9.31. The molecule has 1 saturated carbocycles. The van der Waals surface area contributed by atoms with Crippen molar-refractivity contribution in [3.05, 3.63) is 22.4 Å². The number of thiophene rings is 1. The van der Waals surface area contributed by atoms with Crippen LogP contribution in [0.1, 0.15) is 17.7 Å². The minimum Gasteiger partial charge on any atom is -0.469 e. The second-order valence-electron chi connectivity index (χ2n) is 3.53. The second-order valence-corrected chi connectivity index (χ2v) is 4.56.